The molecule has 1 heterocycles. The highest BCUT2D eigenvalue weighted by molar-refractivity contribution is 7.89. The fourth-order valence-electron chi connectivity index (χ4n) is 3.31. The minimum Gasteiger partial charge on any atom is -0.269 e. The summed E-state index contributed by atoms with van der Waals surface area (Å²) < 4.78 is 67.8. The highest BCUT2D eigenvalue weighted by atomic mass is 32.2. The number of aryl methyl sites for hydroxylation is 1. The number of alkyl halides is 3. The third-order valence-corrected chi connectivity index (χ3v) is 6.43. The molecular weight excluding hydrogens is 403 g/mol. The standard InChI is InChI=1S/C20H20F3N3O2S/c21-20(22,23)19-13-18(15-6-7-15)26(25-19)11-3-10-24-29(27,28)17-9-8-14-4-1-2-5-16(14)12-17/h1-2,4-5,8-9,12-13,15,24H,3,6-7,10-11H2. The van der Waals surface area contributed by atoms with Crippen LogP contribution < -0.4 is 4.72 Å². The smallest absolute Gasteiger partial charge is 0.269 e. The molecule has 0 unspecified atom stereocenters. The Balaban J connectivity index is 1.40. The molecule has 1 aromatic heterocycles. The van der Waals surface area contributed by atoms with Crippen LogP contribution in [-0.4, -0.2) is 24.7 Å². The van der Waals surface area contributed by atoms with Crippen LogP contribution in [0.25, 0.3) is 10.8 Å². The zero-order chi connectivity index (χ0) is 20.6. The first-order valence-electron chi connectivity index (χ1n) is 9.37. The maximum Gasteiger partial charge on any atom is 0.435 e. The van der Waals surface area contributed by atoms with Crippen LogP contribution in [0.5, 0.6) is 0 Å². The predicted octanol–water partition coefficient (Wildman–Crippen LogP) is 4.30. The molecule has 5 nitrogen and oxygen atoms in total. The van der Waals surface area contributed by atoms with E-state index in [-0.39, 0.29) is 23.9 Å². The number of sulfonamides is 1. The SMILES string of the molecule is O=S(=O)(NCCCn1nc(C(F)(F)F)cc1C1CC1)c1ccc2ccccc2c1. The Morgan fingerprint density at radius 2 is 1.79 bits per heavy atom. The molecule has 4 rings (SSSR count). The van der Waals surface area contributed by atoms with Gasteiger partial charge in [0.15, 0.2) is 5.69 Å². The third-order valence-electron chi connectivity index (χ3n) is 4.97. The minimum absolute atomic E-state index is 0.112. The lowest BCUT2D eigenvalue weighted by Crippen LogP contribution is -2.25. The van der Waals surface area contributed by atoms with E-state index >= 15 is 0 Å². The topological polar surface area (TPSA) is 64.0 Å². The zero-order valence-corrected chi connectivity index (χ0v) is 16.3. The van der Waals surface area contributed by atoms with Gasteiger partial charge in [0.05, 0.1) is 4.90 Å². The van der Waals surface area contributed by atoms with Gasteiger partial charge in [-0.1, -0.05) is 30.3 Å². The molecule has 0 saturated heterocycles. The molecule has 29 heavy (non-hydrogen) atoms. The van der Waals surface area contributed by atoms with Crippen molar-refractivity contribution in [3.05, 3.63) is 59.9 Å². The van der Waals surface area contributed by atoms with Crippen molar-refractivity contribution in [1.82, 2.24) is 14.5 Å². The largest absolute Gasteiger partial charge is 0.435 e. The van der Waals surface area contributed by atoms with Crippen molar-refractivity contribution in [2.24, 2.45) is 0 Å². The van der Waals surface area contributed by atoms with Gasteiger partial charge >= 0.3 is 6.18 Å². The molecule has 9 heteroatoms. The number of fused-ring (bicyclic) bond motifs is 1. The fraction of sp³-hybridized carbons (Fsp3) is 0.350. The molecule has 1 saturated carbocycles. The number of halogens is 3. The summed E-state index contributed by atoms with van der Waals surface area (Å²) >= 11 is 0. The summed E-state index contributed by atoms with van der Waals surface area (Å²) in [5, 5.41) is 5.45. The number of hydrogen-bond donors (Lipinski definition) is 1. The monoisotopic (exact) mass is 423 g/mol. The number of benzene rings is 2. The predicted molar refractivity (Wildman–Crippen MR) is 103 cm³/mol. The van der Waals surface area contributed by atoms with Crippen LogP contribution >= 0.6 is 0 Å². The normalized spacial score (nSPS) is 15.1. The summed E-state index contributed by atoms with van der Waals surface area (Å²) in [6.07, 6.45) is -2.42. The second kappa shape index (κ2) is 7.46. The average Bonchev–Trinajstić information content (AvgIpc) is 3.43. The van der Waals surface area contributed by atoms with Gasteiger partial charge in [-0.25, -0.2) is 13.1 Å². The van der Waals surface area contributed by atoms with Crippen LogP contribution in [0.2, 0.25) is 0 Å². The van der Waals surface area contributed by atoms with Crippen molar-refractivity contribution in [2.45, 2.75) is 42.8 Å². The summed E-state index contributed by atoms with van der Waals surface area (Å²) in [6.45, 7) is 0.336. The van der Waals surface area contributed by atoms with E-state index < -0.39 is 21.9 Å². The van der Waals surface area contributed by atoms with E-state index in [1.54, 1.807) is 18.2 Å². The third kappa shape index (κ3) is 4.45. The van der Waals surface area contributed by atoms with Gasteiger partial charge in [0, 0.05) is 24.7 Å². The summed E-state index contributed by atoms with van der Waals surface area (Å²) in [7, 11) is -3.70. The van der Waals surface area contributed by atoms with Crippen LogP contribution in [0.1, 0.15) is 36.6 Å². The van der Waals surface area contributed by atoms with Gasteiger partial charge in [-0.3, -0.25) is 4.68 Å². The number of nitrogens with zero attached hydrogens (tertiary/aromatic N) is 2. The van der Waals surface area contributed by atoms with Crippen molar-refractivity contribution in [1.29, 1.82) is 0 Å². The van der Waals surface area contributed by atoms with E-state index in [1.807, 2.05) is 24.3 Å². The lowest BCUT2D eigenvalue weighted by Gasteiger charge is -2.09. The molecule has 1 fully saturated rings. The number of aromatic nitrogens is 2. The van der Waals surface area contributed by atoms with Gasteiger partial charge in [0.1, 0.15) is 0 Å². The Bertz CT molecular complexity index is 1140. The van der Waals surface area contributed by atoms with Gasteiger partial charge in [-0.05, 0) is 48.2 Å². The second-order valence-corrected chi connectivity index (χ2v) is 8.98. The van der Waals surface area contributed by atoms with E-state index in [0.717, 1.165) is 29.7 Å². The molecule has 0 aliphatic heterocycles. The number of nitrogens with one attached hydrogen (secondary N) is 1. The fourth-order valence-corrected chi connectivity index (χ4v) is 4.42. The Kier molecular flexibility index (Phi) is 5.12. The Morgan fingerprint density at radius 1 is 1.07 bits per heavy atom. The molecule has 1 aliphatic carbocycles. The van der Waals surface area contributed by atoms with Crippen LogP contribution in [0, 0.1) is 0 Å². The van der Waals surface area contributed by atoms with E-state index in [1.165, 1.54) is 4.68 Å². The highest BCUT2D eigenvalue weighted by Gasteiger charge is 2.37. The van der Waals surface area contributed by atoms with Crippen molar-refractivity contribution in [2.75, 3.05) is 6.54 Å². The van der Waals surface area contributed by atoms with Crippen molar-refractivity contribution < 1.29 is 21.6 Å². The molecule has 0 radical (unpaired) electrons. The van der Waals surface area contributed by atoms with E-state index in [0.29, 0.717) is 12.1 Å². The van der Waals surface area contributed by atoms with Crippen LogP contribution in [0.4, 0.5) is 13.2 Å². The Labute approximate surface area is 166 Å². The molecule has 0 atom stereocenters. The summed E-state index contributed by atoms with van der Waals surface area (Å²) in [6, 6.07) is 13.4. The molecule has 1 aliphatic rings. The molecular formula is C20H20F3N3O2S. The molecule has 3 aromatic rings. The van der Waals surface area contributed by atoms with Crippen molar-refractivity contribution in [3.63, 3.8) is 0 Å². The van der Waals surface area contributed by atoms with Crippen LogP contribution in [-0.2, 0) is 22.7 Å². The van der Waals surface area contributed by atoms with E-state index in [4.69, 9.17) is 0 Å². The number of rotatable bonds is 7. The first-order valence-corrected chi connectivity index (χ1v) is 10.9. The minimum atomic E-state index is -4.48. The Morgan fingerprint density at radius 3 is 2.48 bits per heavy atom. The maximum absolute atomic E-state index is 12.9. The molecule has 154 valence electrons. The highest BCUT2D eigenvalue weighted by Crippen LogP contribution is 2.42. The first kappa shape index (κ1) is 19.9. The average molecular weight is 423 g/mol. The summed E-state index contributed by atoms with van der Waals surface area (Å²) in [5.74, 6) is 0.118. The van der Waals surface area contributed by atoms with Crippen LogP contribution in [0.3, 0.4) is 0 Å². The van der Waals surface area contributed by atoms with Gasteiger partial charge in [-0.15, -0.1) is 0 Å². The summed E-state index contributed by atoms with van der Waals surface area (Å²) in [5.41, 5.74) is -0.314. The lowest BCUT2D eigenvalue weighted by atomic mass is 10.1. The second-order valence-electron chi connectivity index (χ2n) is 7.21. The quantitative estimate of drug-likeness (QED) is 0.577. The molecule has 0 amide bonds. The molecule has 2 aromatic carbocycles. The zero-order valence-electron chi connectivity index (χ0n) is 15.5. The van der Waals surface area contributed by atoms with Crippen molar-refractivity contribution >= 4 is 20.8 Å². The van der Waals surface area contributed by atoms with Crippen LogP contribution in [0.15, 0.2) is 53.4 Å². The van der Waals surface area contributed by atoms with Gasteiger partial charge in [0.25, 0.3) is 0 Å². The van der Waals surface area contributed by atoms with E-state index in [9.17, 15) is 21.6 Å². The van der Waals surface area contributed by atoms with Gasteiger partial charge < -0.3 is 0 Å². The molecule has 0 spiro atoms. The molecule has 0 bridgehead atoms. The Hall–Kier alpha value is -2.39. The maximum atomic E-state index is 12.9. The summed E-state index contributed by atoms with van der Waals surface area (Å²) in [4.78, 5) is 0.160. The lowest BCUT2D eigenvalue weighted by molar-refractivity contribution is -0.141. The first-order chi connectivity index (χ1) is 13.7. The molecule has 1 N–H and O–H groups in total. The van der Waals surface area contributed by atoms with E-state index in [2.05, 4.69) is 9.82 Å². The number of hydrogen-bond acceptors (Lipinski definition) is 3. The van der Waals surface area contributed by atoms with Gasteiger partial charge in [0.2, 0.25) is 10.0 Å². The van der Waals surface area contributed by atoms with Crippen molar-refractivity contribution in [3.8, 4) is 0 Å². The van der Waals surface area contributed by atoms with Gasteiger partial charge in [-0.2, -0.15) is 18.3 Å².